The van der Waals surface area contributed by atoms with E-state index in [-0.39, 0.29) is 22.8 Å². The number of aliphatic hydroxyl groups is 1. The van der Waals surface area contributed by atoms with Crippen LogP contribution in [-0.2, 0) is 4.79 Å². The van der Waals surface area contributed by atoms with Gasteiger partial charge < -0.3 is 24.3 Å². The summed E-state index contributed by atoms with van der Waals surface area (Å²) in [6.07, 6.45) is 1.99. The number of ether oxygens (including phenoxy) is 1. The van der Waals surface area contributed by atoms with Gasteiger partial charge in [0.2, 0.25) is 5.78 Å². The minimum Gasteiger partial charge on any atom is -0.504 e. The van der Waals surface area contributed by atoms with Gasteiger partial charge in [-0.2, -0.15) is 0 Å². The number of ketones is 1. The van der Waals surface area contributed by atoms with Gasteiger partial charge in [0.05, 0.1) is 25.0 Å². The van der Waals surface area contributed by atoms with Gasteiger partial charge >= 0.3 is 0 Å². The Bertz CT molecular complexity index is 868. The molecule has 7 nitrogen and oxygen atoms in total. The average molecular weight is 357 g/mol. The molecule has 1 aromatic heterocycles. The molecule has 26 heavy (non-hydrogen) atoms. The van der Waals surface area contributed by atoms with Crippen LogP contribution in [0.3, 0.4) is 0 Å². The van der Waals surface area contributed by atoms with Crippen molar-refractivity contribution < 1.29 is 29.0 Å². The molecule has 0 bridgehead atoms. The highest BCUT2D eigenvalue weighted by Crippen LogP contribution is 2.41. The summed E-state index contributed by atoms with van der Waals surface area (Å²) >= 11 is 0. The standard InChI is InChI=1S/C19H19NO6/c1-3-8-20-16(11-6-7-13(25-2)12(21)10-11)15(18(23)19(20)24)17(22)14-5-4-9-26-14/h4-7,9-10,16,21,23H,3,8H2,1-2H3. The number of benzene rings is 1. The lowest BCUT2D eigenvalue weighted by Crippen LogP contribution is -2.31. The Kier molecular flexibility index (Phi) is 4.71. The summed E-state index contributed by atoms with van der Waals surface area (Å²) < 4.78 is 10.2. The van der Waals surface area contributed by atoms with Gasteiger partial charge in [-0.05, 0) is 36.2 Å². The maximum absolute atomic E-state index is 12.8. The zero-order valence-corrected chi connectivity index (χ0v) is 14.4. The normalized spacial score (nSPS) is 17.1. The fourth-order valence-corrected chi connectivity index (χ4v) is 3.12. The highest BCUT2D eigenvalue weighted by molar-refractivity contribution is 6.15. The van der Waals surface area contributed by atoms with Crippen LogP contribution in [0.5, 0.6) is 11.5 Å². The Balaban J connectivity index is 2.11. The number of hydrogen-bond donors (Lipinski definition) is 2. The third-order valence-corrected chi connectivity index (χ3v) is 4.28. The molecule has 0 radical (unpaired) electrons. The third-order valence-electron chi connectivity index (χ3n) is 4.28. The molecule has 0 saturated carbocycles. The van der Waals surface area contributed by atoms with Gasteiger partial charge in [0.25, 0.3) is 5.91 Å². The molecule has 1 amide bonds. The first-order valence-electron chi connectivity index (χ1n) is 8.18. The van der Waals surface area contributed by atoms with Crippen LogP contribution in [0.2, 0.25) is 0 Å². The van der Waals surface area contributed by atoms with Gasteiger partial charge in [-0.15, -0.1) is 0 Å². The molecule has 1 unspecified atom stereocenters. The van der Waals surface area contributed by atoms with Gasteiger partial charge in [0.15, 0.2) is 23.0 Å². The van der Waals surface area contributed by atoms with Gasteiger partial charge in [-0.25, -0.2) is 0 Å². The highest BCUT2D eigenvalue weighted by Gasteiger charge is 2.44. The molecule has 1 aliphatic heterocycles. The predicted molar refractivity (Wildman–Crippen MR) is 92.1 cm³/mol. The number of furan rings is 1. The van der Waals surface area contributed by atoms with Crippen LogP contribution in [0.1, 0.15) is 35.5 Å². The molecule has 3 rings (SSSR count). The predicted octanol–water partition coefficient (Wildman–Crippen LogP) is 2.98. The number of aliphatic hydroxyl groups excluding tert-OH is 1. The second-order valence-electron chi connectivity index (χ2n) is 5.90. The Hall–Kier alpha value is -3.22. The SMILES string of the molecule is CCCN1C(=O)C(O)=C(C(=O)c2ccco2)C1c1ccc(OC)c(O)c1. The largest absolute Gasteiger partial charge is 0.504 e. The Morgan fingerprint density at radius 3 is 2.65 bits per heavy atom. The van der Waals surface area contributed by atoms with E-state index < -0.39 is 23.5 Å². The summed E-state index contributed by atoms with van der Waals surface area (Å²) in [7, 11) is 1.43. The van der Waals surface area contributed by atoms with E-state index in [4.69, 9.17) is 9.15 Å². The van der Waals surface area contributed by atoms with E-state index in [1.807, 2.05) is 6.92 Å². The van der Waals surface area contributed by atoms with Crippen LogP contribution < -0.4 is 4.74 Å². The van der Waals surface area contributed by atoms with Crippen LogP contribution in [0.4, 0.5) is 0 Å². The maximum Gasteiger partial charge on any atom is 0.290 e. The van der Waals surface area contributed by atoms with Crippen molar-refractivity contribution in [2.75, 3.05) is 13.7 Å². The van der Waals surface area contributed by atoms with E-state index in [1.165, 1.54) is 30.4 Å². The number of phenolic OH excluding ortho intramolecular Hbond substituents is 1. The van der Waals surface area contributed by atoms with Gasteiger partial charge in [-0.3, -0.25) is 9.59 Å². The van der Waals surface area contributed by atoms with Gasteiger partial charge in [0, 0.05) is 6.54 Å². The lowest BCUT2D eigenvalue weighted by molar-refractivity contribution is -0.129. The van der Waals surface area contributed by atoms with Crippen molar-refractivity contribution in [3.05, 3.63) is 59.3 Å². The molecule has 1 aliphatic rings. The van der Waals surface area contributed by atoms with Crippen molar-refractivity contribution >= 4 is 11.7 Å². The number of Topliss-reactive ketones (excluding diaryl/α,β-unsaturated/α-hetero) is 1. The number of hydrogen-bond acceptors (Lipinski definition) is 6. The molecule has 7 heteroatoms. The lowest BCUT2D eigenvalue weighted by atomic mass is 9.94. The first-order chi connectivity index (χ1) is 12.5. The Morgan fingerprint density at radius 2 is 2.08 bits per heavy atom. The van der Waals surface area contributed by atoms with Crippen molar-refractivity contribution in [1.29, 1.82) is 0 Å². The van der Waals surface area contributed by atoms with Crippen LogP contribution in [0.25, 0.3) is 0 Å². The van der Waals surface area contributed by atoms with Crippen LogP contribution >= 0.6 is 0 Å². The Morgan fingerprint density at radius 1 is 1.31 bits per heavy atom. The fourth-order valence-electron chi connectivity index (χ4n) is 3.12. The number of amides is 1. The first-order valence-corrected chi connectivity index (χ1v) is 8.18. The van der Waals surface area contributed by atoms with Crippen molar-refractivity contribution in [2.45, 2.75) is 19.4 Å². The quantitative estimate of drug-likeness (QED) is 0.771. The zero-order valence-electron chi connectivity index (χ0n) is 14.4. The molecule has 2 heterocycles. The number of carbonyl (C=O) groups is 2. The van der Waals surface area contributed by atoms with E-state index in [9.17, 15) is 19.8 Å². The third kappa shape index (κ3) is 2.81. The molecule has 1 aromatic carbocycles. The van der Waals surface area contributed by atoms with E-state index in [0.29, 0.717) is 18.5 Å². The lowest BCUT2D eigenvalue weighted by Gasteiger charge is -2.26. The molecule has 136 valence electrons. The molecular weight excluding hydrogens is 338 g/mol. The molecule has 0 fully saturated rings. The summed E-state index contributed by atoms with van der Waals surface area (Å²) in [5.74, 6) is -1.61. The first kappa shape index (κ1) is 17.6. The molecule has 1 atom stereocenters. The smallest absolute Gasteiger partial charge is 0.290 e. The maximum atomic E-state index is 12.8. The van der Waals surface area contributed by atoms with Crippen molar-refractivity contribution in [1.82, 2.24) is 4.90 Å². The summed E-state index contributed by atoms with van der Waals surface area (Å²) in [5.41, 5.74) is 0.423. The monoisotopic (exact) mass is 357 g/mol. The minimum absolute atomic E-state index is 0.0282. The molecule has 2 aromatic rings. The van der Waals surface area contributed by atoms with E-state index in [2.05, 4.69) is 0 Å². The number of methoxy groups -OCH3 is 1. The minimum atomic E-state index is -0.822. The number of carbonyl (C=O) groups excluding carboxylic acids is 2. The summed E-state index contributed by atoms with van der Waals surface area (Å²) in [6.45, 7) is 2.23. The molecule has 0 aliphatic carbocycles. The van der Waals surface area contributed by atoms with Crippen LogP contribution in [0.15, 0.2) is 52.3 Å². The summed E-state index contributed by atoms with van der Waals surface area (Å²) in [4.78, 5) is 26.8. The Labute approximate surface area is 150 Å². The molecule has 2 N–H and O–H groups in total. The van der Waals surface area contributed by atoms with E-state index >= 15 is 0 Å². The highest BCUT2D eigenvalue weighted by atomic mass is 16.5. The van der Waals surface area contributed by atoms with Crippen molar-refractivity contribution in [3.63, 3.8) is 0 Å². The van der Waals surface area contributed by atoms with Crippen LogP contribution in [0, 0.1) is 0 Å². The van der Waals surface area contributed by atoms with E-state index in [1.54, 1.807) is 18.2 Å². The average Bonchev–Trinajstić information content (AvgIpc) is 3.24. The number of rotatable bonds is 6. The number of phenols is 1. The van der Waals surface area contributed by atoms with Crippen molar-refractivity contribution in [3.8, 4) is 11.5 Å². The molecule has 0 spiro atoms. The van der Waals surface area contributed by atoms with Gasteiger partial charge in [-0.1, -0.05) is 13.0 Å². The number of nitrogens with zero attached hydrogens (tertiary/aromatic N) is 1. The fraction of sp³-hybridized carbons (Fsp3) is 0.263. The summed E-state index contributed by atoms with van der Waals surface area (Å²) in [6, 6.07) is 6.82. The summed E-state index contributed by atoms with van der Waals surface area (Å²) in [5, 5.41) is 20.5. The molecule has 0 saturated heterocycles. The van der Waals surface area contributed by atoms with Crippen LogP contribution in [-0.4, -0.2) is 40.5 Å². The molecular formula is C19H19NO6. The zero-order chi connectivity index (χ0) is 18.8. The second kappa shape index (κ2) is 6.95. The van der Waals surface area contributed by atoms with E-state index in [0.717, 1.165) is 0 Å². The van der Waals surface area contributed by atoms with Gasteiger partial charge in [0.1, 0.15) is 0 Å². The topological polar surface area (TPSA) is 100 Å². The number of aromatic hydroxyl groups is 1. The van der Waals surface area contributed by atoms with Crippen molar-refractivity contribution in [2.24, 2.45) is 0 Å². The second-order valence-corrected chi connectivity index (χ2v) is 5.90.